The van der Waals surface area contributed by atoms with Crippen LogP contribution in [0.3, 0.4) is 0 Å². The summed E-state index contributed by atoms with van der Waals surface area (Å²) in [6.07, 6.45) is 5.22. The Morgan fingerprint density at radius 3 is 2.76 bits per heavy atom. The molecule has 3 nitrogen and oxygen atoms in total. The maximum Gasteiger partial charge on any atom is 0.0597 e. The summed E-state index contributed by atoms with van der Waals surface area (Å²) >= 11 is 3.46. The second-order valence-corrected chi connectivity index (χ2v) is 5.17. The lowest BCUT2D eigenvalue weighted by Crippen LogP contribution is -2.17. The molecule has 1 aromatic rings. The van der Waals surface area contributed by atoms with Crippen LogP contribution in [0.5, 0.6) is 0 Å². The van der Waals surface area contributed by atoms with Gasteiger partial charge < -0.3 is 5.32 Å². The Bertz CT molecular complexity index is 310. The Kier molecular flexibility index (Phi) is 7.53. The van der Waals surface area contributed by atoms with Gasteiger partial charge in [0.05, 0.1) is 11.4 Å². The fourth-order valence-corrected chi connectivity index (χ4v) is 2.33. The summed E-state index contributed by atoms with van der Waals surface area (Å²) in [4.78, 5) is 0. The maximum absolute atomic E-state index is 4.44. The molecule has 17 heavy (non-hydrogen) atoms. The molecule has 1 N–H and O–H groups in total. The van der Waals surface area contributed by atoms with Crippen LogP contribution in [-0.4, -0.2) is 21.7 Å². The smallest absolute Gasteiger partial charge is 0.0597 e. The zero-order valence-corrected chi connectivity index (χ0v) is 12.6. The molecular weight excluding hydrogens is 278 g/mol. The molecule has 0 saturated heterocycles. The normalized spacial score (nSPS) is 11.0. The summed E-state index contributed by atoms with van der Waals surface area (Å²) in [7, 11) is 0. The molecule has 0 bridgehead atoms. The zero-order chi connectivity index (χ0) is 12.5. The molecule has 0 amide bonds. The summed E-state index contributed by atoms with van der Waals surface area (Å²) in [6, 6.07) is 2.17. The topological polar surface area (TPSA) is 29.9 Å². The molecule has 4 heteroatoms. The molecule has 0 aliphatic carbocycles. The fraction of sp³-hybridized carbons (Fsp3) is 0.769. The molecule has 1 heterocycles. The van der Waals surface area contributed by atoms with E-state index < -0.39 is 0 Å². The van der Waals surface area contributed by atoms with Crippen LogP contribution < -0.4 is 5.32 Å². The van der Waals surface area contributed by atoms with E-state index in [2.05, 4.69) is 50.9 Å². The van der Waals surface area contributed by atoms with Crippen molar-refractivity contribution in [1.29, 1.82) is 0 Å². The van der Waals surface area contributed by atoms with Crippen LogP contribution in [0.2, 0.25) is 0 Å². The van der Waals surface area contributed by atoms with Crippen LogP contribution in [-0.2, 0) is 13.1 Å². The fourth-order valence-electron chi connectivity index (χ4n) is 1.93. The van der Waals surface area contributed by atoms with E-state index in [4.69, 9.17) is 0 Å². The molecule has 0 fully saturated rings. The largest absolute Gasteiger partial charge is 0.311 e. The first-order valence-corrected chi connectivity index (χ1v) is 7.70. The van der Waals surface area contributed by atoms with Crippen molar-refractivity contribution in [3.05, 3.63) is 17.5 Å². The van der Waals surface area contributed by atoms with Crippen molar-refractivity contribution < 1.29 is 0 Å². The van der Waals surface area contributed by atoms with Crippen molar-refractivity contribution >= 4 is 15.9 Å². The SMILES string of the molecule is CCn1nc(C)cc1CNCCCCCCBr. The van der Waals surface area contributed by atoms with Gasteiger partial charge in [0.25, 0.3) is 0 Å². The summed E-state index contributed by atoms with van der Waals surface area (Å²) < 4.78 is 2.08. The average Bonchev–Trinajstić information content (AvgIpc) is 2.68. The summed E-state index contributed by atoms with van der Waals surface area (Å²) in [5.74, 6) is 0. The van der Waals surface area contributed by atoms with E-state index in [0.29, 0.717) is 0 Å². The minimum atomic E-state index is 0.938. The zero-order valence-electron chi connectivity index (χ0n) is 11.0. The number of unbranched alkanes of at least 4 members (excludes halogenated alkanes) is 3. The highest BCUT2D eigenvalue weighted by Crippen LogP contribution is 2.04. The third-order valence-electron chi connectivity index (χ3n) is 2.83. The van der Waals surface area contributed by atoms with E-state index in [1.165, 1.54) is 31.4 Å². The number of hydrogen-bond donors (Lipinski definition) is 1. The molecule has 0 aliphatic heterocycles. The molecular formula is C13H24BrN3. The van der Waals surface area contributed by atoms with Crippen LogP contribution in [0.1, 0.15) is 44.0 Å². The van der Waals surface area contributed by atoms with Crippen molar-refractivity contribution in [3.8, 4) is 0 Å². The van der Waals surface area contributed by atoms with Crippen LogP contribution in [0.4, 0.5) is 0 Å². The lowest BCUT2D eigenvalue weighted by molar-refractivity contribution is 0.557. The highest BCUT2D eigenvalue weighted by Gasteiger charge is 2.02. The molecule has 1 aromatic heterocycles. The second-order valence-electron chi connectivity index (χ2n) is 4.37. The lowest BCUT2D eigenvalue weighted by Gasteiger charge is -2.06. The molecule has 98 valence electrons. The van der Waals surface area contributed by atoms with Gasteiger partial charge in [-0.25, -0.2) is 0 Å². The van der Waals surface area contributed by atoms with Gasteiger partial charge in [0.1, 0.15) is 0 Å². The van der Waals surface area contributed by atoms with E-state index in [1.54, 1.807) is 0 Å². The number of alkyl halides is 1. The number of aryl methyl sites for hydroxylation is 2. The van der Waals surface area contributed by atoms with Crippen molar-refractivity contribution in [2.24, 2.45) is 0 Å². The Hall–Kier alpha value is -0.350. The third-order valence-corrected chi connectivity index (χ3v) is 3.39. The summed E-state index contributed by atoms with van der Waals surface area (Å²) in [5, 5.41) is 9.07. The Morgan fingerprint density at radius 1 is 1.29 bits per heavy atom. The van der Waals surface area contributed by atoms with Crippen LogP contribution in [0, 0.1) is 6.92 Å². The number of rotatable bonds is 9. The van der Waals surface area contributed by atoms with Crippen molar-refractivity contribution in [2.45, 2.75) is 52.6 Å². The Morgan fingerprint density at radius 2 is 2.06 bits per heavy atom. The van der Waals surface area contributed by atoms with Crippen LogP contribution in [0.25, 0.3) is 0 Å². The second kappa shape index (κ2) is 8.70. The van der Waals surface area contributed by atoms with E-state index in [1.807, 2.05) is 0 Å². The summed E-state index contributed by atoms with van der Waals surface area (Å²) in [5.41, 5.74) is 2.41. The van der Waals surface area contributed by atoms with Gasteiger partial charge in [0, 0.05) is 18.4 Å². The van der Waals surface area contributed by atoms with Gasteiger partial charge in [-0.05, 0) is 39.3 Å². The Balaban J connectivity index is 2.13. The maximum atomic E-state index is 4.44. The predicted molar refractivity (Wildman–Crippen MR) is 76.6 cm³/mol. The van der Waals surface area contributed by atoms with E-state index in [9.17, 15) is 0 Å². The quantitative estimate of drug-likeness (QED) is 0.560. The first-order chi connectivity index (χ1) is 8.27. The number of aromatic nitrogens is 2. The van der Waals surface area contributed by atoms with Gasteiger partial charge in [-0.3, -0.25) is 4.68 Å². The average molecular weight is 302 g/mol. The van der Waals surface area contributed by atoms with Gasteiger partial charge in [0.15, 0.2) is 0 Å². The molecule has 0 radical (unpaired) electrons. The molecule has 0 aromatic carbocycles. The van der Waals surface area contributed by atoms with Crippen molar-refractivity contribution in [2.75, 3.05) is 11.9 Å². The summed E-state index contributed by atoms with van der Waals surface area (Å²) in [6.45, 7) is 7.19. The number of nitrogens with zero attached hydrogens (tertiary/aromatic N) is 2. The Labute approximate surface area is 113 Å². The highest BCUT2D eigenvalue weighted by atomic mass is 79.9. The van der Waals surface area contributed by atoms with Crippen LogP contribution >= 0.6 is 15.9 Å². The van der Waals surface area contributed by atoms with Crippen molar-refractivity contribution in [3.63, 3.8) is 0 Å². The van der Waals surface area contributed by atoms with Gasteiger partial charge in [-0.2, -0.15) is 5.10 Å². The van der Waals surface area contributed by atoms with Crippen LogP contribution in [0.15, 0.2) is 6.07 Å². The van der Waals surface area contributed by atoms with Gasteiger partial charge in [-0.15, -0.1) is 0 Å². The monoisotopic (exact) mass is 301 g/mol. The number of halogens is 1. The molecule has 0 spiro atoms. The molecule has 0 atom stereocenters. The third kappa shape index (κ3) is 5.68. The first-order valence-electron chi connectivity index (χ1n) is 6.58. The molecule has 1 rings (SSSR count). The van der Waals surface area contributed by atoms with E-state index in [-0.39, 0.29) is 0 Å². The van der Waals surface area contributed by atoms with E-state index >= 15 is 0 Å². The number of hydrogen-bond acceptors (Lipinski definition) is 2. The minimum Gasteiger partial charge on any atom is -0.311 e. The molecule has 0 unspecified atom stereocenters. The van der Waals surface area contributed by atoms with Gasteiger partial charge in [0.2, 0.25) is 0 Å². The van der Waals surface area contributed by atoms with Crippen molar-refractivity contribution in [1.82, 2.24) is 15.1 Å². The van der Waals surface area contributed by atoms with Gasteiger partial charge >= 0.3 is 0 Å². The van der Waals surface area contributed by atoms with Gasteiger partial charge in [-0.1, -0.05) is 28.8 Å². The number of nitrogens with one attached hydrogen (secondary N) is 1. The molecule has 0 aliphatic rings. The first kappa shape index (κ1) is 14.7. The highest BCUT2D eigenvalue weighted by molar-refractivity contribution is 9.09. The lowest BCUT2D eigenvalue weighted by atomic mass is 10.2. The van der Waals surface area contributed by atoms with E-state index in [0.717, 1.165) is 30.7 Å². The standard InChI is InChI=1S/C13H24BrN3/c1-3-17-13(10-12(2)16-17)11-15-9-7-5-4-6-8-14/h10,15H,3-9,11H2,1-2H3. The molecule has 0 saturated carbocycles. The predicted octanol–water partition coefficient (Wildman–Crippen LogP) is 3.26. The minimum absolute atomic E-state index is 0.938.